The standard InChI is InChI=1S/C17H21N7/c1-22-7-5-20-17(22)12-23-6-2-3-14(11-23)15-9-19-10-16(21-15)24-8-4-18-13-24/h4-5,7-10,13-14H,2-3,6,11-12H2,1H3. The van der Waals surface area contributed by atoms with Crippen LogP contribution in [0.4, 0.5) is 0 Å². The summed E-state index contributed by atoms with van der Waals surface area (Å²) in [6.45, 7) is 2.99. The molecule has 0 amide bonds. The number of hydrogen-bond donors (Lipinski definition) is 0. The maximum atomic E-state index is 4.80. The largest absolute Gasteiger partial charge is 0.337 e. The van der Waals surface area contributed by atoms with E-state index >= 15 is 0 Å². The molecule has 7 nitrogen and oxygen atoms in total. The zero-order chi connectivity index (χ0) is 16.4. The summed E-state index contributed by atoms with van der Waals surface area (Å²) in [6.07, 6.45) is 15.3. The van der Waals surface area contributed by atoms with Crippen molar-refractivity contribution in [3.05, 3.63) is 55.0 Å². The lowest BCUT2D eigenvalue weighted by molar-refractivity contribution is 0.192. The Bertz CT molecular complexity index is 793. The highest BCUT2D eigenvalue weighted by Gasteiger charge is 2.23. The summed E-state index contributed by atoms with van der Waals surface area (Å²) >= 11 is 0. The predicted molar refractivity (Wildman–Crippen MR) is 89.6 cm³/mol. The van der Waals surface area contributed by atoms with Gasteiger partial charge >= 0.3 is 0 Å². The number of nitrogens with zero attached hydrogens (tertiary/aromatic N) is 7. The van der Waals surface area contributed by atoms with Gasteiger partial charge in [0.1, 0.15) is 12.2 Å². The third-order valence-corrected chi connectivity index (χ3v) is 4.62. The van der Waals surface area contributed by atoms with Crippen molar-refractivity contribution >= 4 is 0 Å². The third-order valence-electron chi connectivity index (χ3n) is 4.62. The molecule has 3 aromatic rings. The summed E-state index contributed by atoms with van der Waals surface area (Å²) in [5.41, 5.74) is 1.06. The second kappa shape index (κ2) is 6.52. The van der Waals surface area contributed by atoms with Gasteiger partial charge in [-0.15, -0.1) is 0 Å². The number of hydrogen-bond acceptors (Lipinski definition) is 5. The molecule has 24 heavy (non-hydrogen) atoms. The van der Waals surface area contributed by atoms with E-state index in [4.69, 9.17) is 4.98 Å². The lowest BCUT2D eigenvalue weighted by Gasteiger charge is -2.32. The molecule has 4 heterocycles. The number of rotatable bonds is 4. The van der Waals surface area contributed by atoms with E-state index in [-0.39, 0.29) is 0 Å². The summed E-state index contributed by atoms with van der Waals surface area (Å²) in [5, 5.41) is 0. The first-order chi connectivity index (χ1) is 11.8. The number of piperidine rings is 1. The molecule has 1 unspecified atom stereocenters. The number of imidazole rings is 2. The summed E-state index contributed by atoms with van der Waals surface area (Å²) in [6, 6.07) is 0. The Morgan fingerprint density at radius 3 is 2.92 bits per heavy atom. The van der Waals surface area contributed by atoms with Gasteiger partial charge in [-0.05, 0) is 19.4 Å². The molecular weight excluding hydrogens is 302 g/mol. The molecule has 1 aliphatic rings. The molecule has 1 fully saturated rings. The lowest BCUT2D eigenvalue weighted by atomic mass is 9.95. The minimum Gasteiger partial charge on any atom is -0.337 e. The molecule has 0 aromatic carbocycles. The molecule has 1 saturated heterocycles. The summed E-state index contributed by atoms with van der Waals surface area (Å²) in [5.74, 6) is 2.34. The van der Waals surface area contributed by atoms with Gasteiger partial charge < -0.3 is 4.57 Å². The van der Waals surface area contributed by atoms with E-state index in [1.165, 1.54) is 6.42 Å². The zero-order valence-corrected chi connectivity index (χ0v) is 13.8. The van der Waals surface area contributed by atoms with Crippen LogP contribution >= 0.6 is 0 Å². The van der Waals surface area contributed by atoms with Crippen molar-refractivity contribution in [3.63, 3.8) is 0 Å². The summed E-state index contributed by atoms with van der Waals surface area (Å²) < 4.78 is 3.98. The molecule has 0 N–H and O–H groups in total. The van der Waals surface area contributed by atoms with E-state index in [0.717, 1.165) is 43.4 Å². The number of aryl methyl sites for hydroxylation is 1. The molecule has 0 saturated carbocycles. The number of aromatic nitrogens is 6. The van der Waals surface area contributed by atoms with Gasteiger partial charge in [-0.2, -0.15) is 0 Å². The van der Waals surface area contributed by atoms with Crippen LogP contribution in [0.15, 0.2) is 43.5 Å². The molecule has 0 radical (unpaired) electrons. The minimum atomic E-state index is 0.412. The molecule has 3 aromatic heterocycles. The monoisotopic (exact) mass is 323 g/mol. The molecule has 0 spiro atoms. The van der Waals surface area contributed by atoms with E-state index in [1.54, 1.807) is 18.7 Å². The quantitative estimate of drug-likeness (QED) is 0.732. The molecule has 1 atom stereocenters. The van der Waals surface area contributed by atoms with Crippen LogP contribution in [-0.2, 0) is 13.6 Å². The van der Waals surface area contributed by atoms with Gasteiger partial charge in [0, 0.05) is 50.5 Å². The average Bonchev–Trinajstić information content (AvgIpc) is 3.28. The van der Waals surface area contributed by atoms with Crippen LogP contribution in [0.5, 0.6) is 0 Å². The zero-order valence-electron chi connectivity index (χ0n) is 13.8. The Kier molecular flexibility index (Phi) is 4.08. The Hall–Kier alpha value is -2.54. The van der Waals surface area contributed by atoms with Crippen LogP contribution in [0, 0.1) is 0 Å². The van der Waals surface area contributed by atoms with Crippen LogP contribution in [0.25, 0.3) is 5.82 Å². The van der Waals surface area contributed by atoms with Gasteiger partial charge in [0.05, 0.1) is 18.4 Å². The van der Waals surface area contributed by atoms with Gasteiger partial charge in [-0.25, -0.2) is 15.0 Å². The van der Waals surface area contributed by atoms with Crippen molar-refractivity contribution in [3.8, 4) is 5.82 Å². The van der Waals surface area contributed by atoms with Gasteiger partial charge in [0.25, 0.3) is 0 Å². The van der Waals surface area contributed by atoms with Gasteiger partial charge in [0.2, 0.25) is 0 Å². The topological polar surface area (TPSA) is 64.7 Å². The van der Waals surface area contributed by atoms with Crippen molar-refractivity contribution in [2.75, 3.05) is 13.1 Å². The smallest absolute Gasteiger partial charge is 0.156 e. The predicted octanol–water partition coefficient (Wildman–Crippen LogP) is 1.78. The van der Waals surface area contributed by atoms with E-state index in [0.29, 0.717) is 5.92 Å². The fourth-order valence-corrected chi connectivity index (χ4v) is 3.28. The molecule has 0 bridgehead atoms. The number of likely N-dealkylation sites (tertiary alicyclic amines) is 1. The highest BCUT2D eigenvalue weighted by Crippen LogP contribution is 2.26. The van der Waals surface area contributed by atoms with E-state index in [2.05, 4.69) is 24.4 Å². The van der Waals surface area contributed by atoms with Crippen molar-refractivity contribution < 1.29 is 0 Å². The Labute approximate surface area is 141 Å². The molecule has 1 aliphatic heterocycles. The van der Waals surface area contributed by atoms with Gasteiger partial charge in [-0.3, -0.25) is 14.5 Å². The maximum absolute atomic E-state index is 4.80. The molecule has 124 valence electrons. The second-order valence-corrected chi connectivity index (χ2v) is 6.30. The molecule has 7 heteroatoms. The third kappa shape index (κ3) is 3.07. The highest BCUT2D eigenvalue weighted by atomic mass is 15.2. The average molecular weight is 323 g/mol. The molecule has 0 aliphatic carbocycles. The summed E-state index contributed by atoms with van der Waals surface area (Å²) in [4.78, 5) is 20.2. The molecular formula is C17H21N7. The summed E-state index contributed by atoms with van der Waals surface area (Å²) in [7, 11) is 2.05. The van der Waals surface area contributed by atoms with Crippen molar-refractivity contribution in [2.45, 2.75) is 25.3 Å². The van der Waals surface area contributed by atoms with Crippen molar-refractivity contribution in [1.82, 2.24) is 34.0 Å². The molecule has 4 rings (SSSR count). The minimum absolute atomic E-state index is 0.412. The fourth-order valence-electron chi connectivity index (χ4n) is 3.28. The van der Waals surface area contributed by atoms with Crippen molar-refractivity contribution in [2.24, 2.45) is 7.05 Å². The Morgan fingerprint density at radius 2 is 2.12 bits per heavy atom. The van der Waals surface area contributed by atoms with Gasteiger partial charge in [0.15, 0.2) is 5.82 Å². The van der Waals surface area contributed by atoms with Crippen LogP contribution in [0.2, 0.25) is 0 Å². The van der Waals surface area contributed by atoms with Crippen LogP contribution < -0.4 is 0 Å². The van der Waals surface area contributed by atoms with Crippen LogP contribution in [0.3, 0.4) is 0 Å². The Morgan fingerprint density at radius 1 is 1.17 bits per heavy atom. The van der Waals surface area contributed by atoms with Gasteiger partial charge in [-0.1, -0.05) is 0 Å². The fraction of sp³-hybridized carbons (Fsp3) is 0.412. The van der Waals surface area contributed by atoms with E-state index < -0.39 is 0 Å². The van der Waals surface area contributed by atoms with E-state index in [1.807, 2.05) is 36.4 Å². The SMILES string of the molecule is Cn1ccnc1CN1CCCC(c2cncc(-n3ccnc3)n2)C1. The lowest BCUT2D eigenvalue weighted by Crippen LogP contribution is -2.35. The second-order valence-electron chi connectivity index (χ2n) is 6.30. The van der Waals surface area contributed by atoms with E-state index in [9.17, 15) is 0 Å². The van der Waals surface area contributed by atoms with Crippen LogP contribution in [-0.4, -0.2) is 47.1 Å². The first-order valence-electron chi connectivity index (χ1n) is 8.28. The first-order valence-corrected chi connectivity index (χ1v) is 8.28. The maximum Gasteiger partial charge on any atom is 0.156 e. The van der Waals surface area contributed by atoms with Crippen molar-refractivity contribution in [1.29, 1.82) is 0 Å². The first kappa shape index (κ1) is 15.0. The Balaban J connectivity index is 1.50. The van der Waals surface area contributed by atoms with Crippen LogP contribution in [0.1, 0.15) is 30.3 Å². The highest BCUT2D eigenvalue weighted by molar-refractivity contribution is 5.21. The normalized spacial score (nSPS) is 18.8.